The third-order valence-electron chi connectivity index (χ3n) is 2.52. The van der Waals surface area contributed by atoms with E-state index in [9.17, 15) is 0 Å². The van der Waals surface area contributed by atoms with Crippen molar-refractivity contribution in [2.24, 2.45) is 10.8 Å². The Morgan fingerprint density at radius 3 is 2.50 bits per heavy atom. The molecule has 12 heavy (non-hydrogen) atoms. The summed E-state index contributed by atoms with van der Waals surface area (Å²) in [7, 11) is 0. The van der Waals surface area contributed by atoms with Gasteiger partial charge in [0.1, 0.15) is 5.84 Å². The maximum Gasteiger partial charge on any atom is 0.121 e. The first-order chi connectivity index (χ1) is 5.69. The Labute approximate surface area is 74.6 Å². The molecular weight excluding hydrogens is 150 g/mol. The lowest BCUT2D eigenvalue weighted by atomic mass is 10.1. The molecule has 70 valence electrons. The summed E-state index contributed by atoms with van der Waals surface area (Å²) in [6.45, 7) is 6.58. The van der Waals surface area contributed by atoms with Gasteiger partial charge >= 0.3 is 0 Å². The highest BCUT2D eigenvalue weighted by Gasteiger charge is 2.25. The van der Waals surface area contributed by atoms with Crippen molar-refractivity contribution >= 4 is 5.84 Å². The summed E-state index contributed by atoms with van der Waals surface area (Å²) in [5.41, 5.74) is 5.67. The average molecular weight is 169 g/mol. The maximum absolute atomic E-state index is 5.67. The van der Waals surface area contributed by atoms with Crippen molar-refractivity contribution in [2.45, 2.75) is 52.1 Å². The van der Waals surface area contributed by atoms with Crippen LogP contribution < -0.4 is 5.73 Å². The second-order valence-electron chi connectivity index (χ2n) is 3.49. The van der Waals surface area contributed by atoms with Crippen molar-refractivity contribution in [1.82, 2.24) is 5.01 Å². The van der Waals surface area contributed by atoms with Crippen LogP contribution >= 0.6 is 0 Å². The Morgan fingerprint density at radius 1 is 1.58 bits per heavy atom. The lowest BCUT2D eigenvalue weighted by molar-refractivity contribution is 0.161. The molecule has 0 aromatic rings. The fourth-order valence-corrected chi connectivity index (χ4v) is 1.79. The highest BCUT2D eigenvalue weighted by Crippen LogP contribution is 2.19. The van der Waals surface area contributed by atoms with E-state index >= 15 is 0 Å². The van der Waals surface area contributed by atoms with Crippen molar-refractivity contribution in [3.05, 3.63) is 0 Å². The third kappa shape index (κ3) is 1.71. The first-order valence-corrected chi connectivity index (χ1v) is 4.80. The Bertz CT molecular complexity index is 173. The van der Waals surface area contributed by atoms with Crippen LogP contribution in [-0.2, 0) is 0 Å². The highest BCUT2D eigenvalue weighted by atomic mass is 15.5. The summed E-state index contributed by atoms with van der Waals surface area (Å²) in [5.74, 6) is 0.786. The largest absolute Gasteiger partial charge is 0.386 e. The van der Waals surface area contributed by atoms with Gasteiger partial charge in [0.25, 0.3) is 0 Å². The normalized spacial score (nSPS) is 23.5. The minimum atomic E-state index is 0.495. The van der Waals surface area contributed by atoms with Crippen molar-refractivity contribution in [3.63, 3.8) is 0 Å². The highest BCUT2D eigenvalue weighted by molar-refractivity contribution is 5.81. The SMILES string of the molecule is CCC(CC)N1N=C(N)CC1C. The zero-order chi connectivity index (χ0) is 9.14. The number of nitrogens with two attached hydrogens (primary N) is 1. The molecule has 3 nitrogen and oxygen atoms in total. The summed E-state index contributed by atoms with van der Waals surface area (Å²) in [4.78, 5) is 0. The molecule has 2 N–H and O–H groups in total. The molecule has 1 heterocycles. The monoisotopic (exact) mass is 169 g/mol. The molecule has 0 radical (unpaired) electrons. The molecular formula is C9H19N3. The van der Waals surface area contributed by atoms with E-state index in [4.69, 9.17) is 5.73 Å². The van der Waals surface area contributed by atoms with Crippen LogP contribution in [-0.4, -0.2) is 22.9 Å². The molecule has 0 spiro atoms. The fourth-order valence-electron chi connectivity index (χ4n) is 1.79. The minimum absolute atomic E-state index is 0.495. The molecule has 0 saturated carbocycles. The van der Waals surface area contributed by atoms with Crippen LogP contribution in [0.1, 0.15) is 40.0 Å². The third-order valence-corrected chi connectivity index (χ3v) is 2.52. The molecule has 1 atom stereocenters. The number of hydrogen-bond acceptors (Lipinski definition) is 3. The van der Waals surface area contributed by atoms with Crippen molar-refractivity contribution in [2.75, 3.05) is 0 Å². The van der Waals surface area contributed by atoms with Crippen LogP contribution in [0.2, 0.25) is 0 Å². The van der Waals surface area contributed by atoms with E-state index < -0.39 is 0 Å². The zero-order valence-electron chi connectivity index (χ0n) is 8.25. The van der Waals surface area contributed by atoms with E-state index in [1.165, 1.54) is 0 Å². The molecule has 0 saturated heterocycles. The van der Waals surface area contributed by atoms with Crippen LogP contribution in [0.3, 0.4) is 0 Å². The quantitative estimate of drug-likeness (QED) is 0.696. The first kappa shape index (κ1) is 9.36. The Kier molecular flexibility index (Phi) is 2.95. The van der Waals surface area contributed by atoms with Gasteiger partial charge < -0.3 is 5.73 Å². The number of rotatable bonds is 3. The van der Waals surface area contributed by atoms with E-state index in [0.29, 0.717) is 12.1 Å². The molecule has 1 aliphatic rings. The van der Waals surface area contributed by atoms with Gasteiger partial charge in [-0.25, -0.2) is 0 Å². The van der Waals surface area contributed by atoms with Gasteiger partial charge in [-0.15, -0.1) is 0 Å². The van der Waals surface area contributed by atoms with Crippen LogP contribution in [0.15, 0.2) is 5.10 Å². The Hall–Kier alpha value is -0.730. The molecule has 0 aliphatic carbocycles. The average Bonchev–Trinajstić information content (AvgIpc) is 2.34. The van der Waals surface area contributed by atoms with Crippen molar-refractivity contribution in [3.8, 4) is 0 Å². The van der Waals surface area contributed by atoms with Crippen molar-refractivity contribution in [1.29, 1.82) is 0 Å². The van der Waals surface area contributed by atoms with Gasteiger partial charge in [0.2, 0.25) is 0 Å². The Balaban J connectivity index is 2.60. The van der Waals surface area contributed by atoms with Gasteiger partial charge in [-0.05, 0) is 19.8 Å². The standard InChI is InChI=1S/C9H19N3/c1-4-8(5-2)12-7(3)6-9(10)11-12/h7-8H,4-6H2,1-3H3,(H2,10,11). The molecule has 1 rings (SSSR count). The number of amidine groups is 1. The van der Waals surface area contributed by atoms with E-state index in [1.807, 2.05) is 0 Å². The maximum atomic E-state index is 5.67. The van der Waals surface area contributed by atoms with Gasteiger partial charge in [0, 0.05) is 12.5 Å². The summed E-state index contributed by atoms with van der Waals surface area (Å²) >= 11 is 0. The molecule has 0 aromatic carbocycles. The minimum Gasteiger partial charge on any atom is -0.386 e. The summed E-state index contributed by atoms with van der Waals surface area (Å²) in [6.07, 6.45) is 3.23. The van der Waals surface area contributed by atoms with Gasteiger partial charge in [0.05, 0.1) is 6.04 Å². The molecule has 0 bridgehead atoms. The molecule has 1 unspecified atom stereocenters. The van der Waals surface area contributed by atoms with E-state index in [0.717, 1.165) is 25.1 Å². The topological polar surface area (TPSA) is 41.6 Å². The molecule has 1 aliphatic heterocycles. The summed E-state index contributed by atoms with van der Waals surface area (Å²) in [5, 5.41) is 6.50. The predicted octanol–water partition coefficient (Wildman–Crippen LogP) is 1.54. The van der Waals surface area contributed by atoms with E-state index in [2.05, 4.69) is 30.9 Å². The van der Waals surface area contributed by atoms with Crippen molar-refractivity contribution < 1.29 is 0 Å². The summed E-state index contributed by atoms with van der Waals surface area (Å²) < 4.78 is 0. The first-order valence-electron chi connectivity index (χ1n) is 4.80. The molecule has 3 heteroatoms. The molecule has 0 amide bonds. The second-order valence-corrected chi connectivity index (χ2v) is 3.49. The van der Waals surface area contributed by atoms with E-state index in [1.54, 1.807) is 0 Å². The lowest BCUT2D eigenvalue weighted by Gasteiger charge is -2.28. The van der Waals surface area contributed by atoms with Gasteiger partial charge in [-0.1, -0.05) is 13.8 Å². The molecule has 0 fully saturated rings. The smallest absolute Gasteiger partial charge is 0.121 e. The predicted molar refractivity (Wildman–Crippen MR) is 51.9 cm³/mol. The number of nitrogens with zero attached hydrogens (tertiary/aromatic N) is 2. The van der Waals surface area contributed by atoms with Gasteiger partial charge in [-0.3, -0.25) is 5.01 Å². The lowest BCUT2D eigenvalue weighted by Crippen LogP contribution is -2.33. The van der Waals surface area contributed by atoms with Crippen LogP contribution in [0, 0.1) is 0 Å². The van der Waals surface area contributed by atoms with Crippen LogP contribution in [0.5, 0.6) is 0 Å². The Morgan fingerprint density at radius 2 is 2.17 bits per heavy atom. The van der Waals surface area contributed by atoms with Crippen LogP contribution in [0.4, 0.5) is 0 Å². The number of hydrogen-bond donors (Lipinski definition) is 1. The van der Waals surface area contributed by atoms with E-state index in [-0.39, 0.29) is 0 Å². The number of hydrazone groups is 1. The zero-order valence-corrected chi connectivity index (χ0v) is 8.25. The fraction of sp³-hybridized carbons (Fsp3) is 0.889. The molecule has 0 aromatic heterocycles. The summed E-state index contributed by atoms with van der Waals surface area (Å²) in [6, 6.07) is 1.07. The van der Waals surface area contributed by atoms with Crippen LogP contribution in [0.25, 0.3) is 0 Å². The van der Waals surface area contributed by atoms with Gasteiger partial charge in [0.15, 0.2) is 0 Å². The van der Waals surface area contributed by atoms with Gasteiger partial charge in [-0.2, -0.15) is 5.10 Å². The second kappa shape index (κ2) is 3.78.